The Balaban J connectivity index is 1.35. The van der Waals surface area contributed by atoms with E-state index < -0.39 is 0 Å². The molecule has 1 N–H and O–H groups in total. The molecule has 2 aromatic carbocycles. The van der Waals surface area contributed by atoms with Crippen LogP contribution >= 0.6 is 11.3 Å². The van der Waals surface area contributed by atoms with Crippen LogP contribution in [0.4, 0.5) is 5.69 Å². The van der Waals surface area contributed by atoms with Gasteiger partial charge in [0.1, 0.15) is 5.75 Å². The SMILES string of the molecule is COc1cccc(-c2cn3c(CC(=O)Nc4ccc5c(c4)OCO5)csc3n2)c1. The first kappa shape index (κ1) is 17.6. The summed E-state index contributed by atoms with van der Waals surface area (Å²) in [4.78, 5) is 18.1. The third kappa shape index (κ3) is 3.38. The largest absolute Gasteiger partial charge is 0.497 e. The number of methoxy groups -OCH3 is 1. The minimum absolute atomic E-state index is 0.111. The van der Waals surface area contributed by atoms with Gasteiger partial charge in [-0.25, -0.2) is 4.98 Å². The van der Waals surface area contributed by atoms with Gasteiger partial charge in [-0.2, -0.15) is 0 Å². The Morgan fingerprint density at radius 1 is 1.24 bits per heavy atom. The fourth-order valence-corrected chi connectivity index (χ4v) is 4.09. The summed E-state index contributed by atoms with van der Waals surface area (Å²) in [7, 11) is 1.64. The highest BCUT2D eigenvalue weighted by atomic mass is 32.1. The van der Waals surface area contributed by atoms with E-state index in [4.69, 9.17) is 14.2 Å². The zero-order chi connectivity index (χ0) is 19.8. The molecule has 3 heterocycles. The van der Waals surface area contributed by atoms with Crippen molar-refractivity contribution in [3.8, 4) is 28.5 Å². The molecule has 0 radical (unpaired) electrons. The number of amides is 1. The highest BCUT2D eigenvalue weighted by molar-refractivity contribution is 7.15. The number of hydrogen-bond acceptors (Lipinski definition) is 6. The number of nitrogens with zero attached hydrogens (tertiary/aromatic N) is 2. The predicted octanol–water partition coefficient (Wildman–Crippen LogP) is 3.98. The monoisotopic (exact) mass is 407 g/mol. The highest BCUT2D eigenvalue weighted by Gasteiger charge is 2.16. The zero-order valence-corrected chi connectivity index (χ0v) is 16.4. The maximum Gasteiger partial charge on any atom is 0.231 e. The topological polar surface area (TPSA) is 74.1 Å². The maximum absolute atomic E-state index is 12.6. The van der Waals surface area contributed by atoms with Crippen LogP contribution in [0.2, 0.25) is 0 Å². The zero-order valence-electron chi connectivity index (χ0n) is 15.5. The standard InChI is InChI=1S/C21H17N3O4S/c1-26-16-4-2-3-13(7-16)17-10-24-15(11-29-21(24)23-17)9-20(25)22-14-5-6-18-19(8-14)28-12-27-18/h2-8,10-11H,9,12H2,1H3,(H,22,25). The molecule has 0 bridgehead atoms. The van der Waals surface area contributed by atoms with Crippen molar-refractivity contribution in [1.82, 2.24) is 9.38 Å². The van der Waals surface area contributed by atoms with Gasteiger partial charge in [0.05, 0.1) is 19.2 Å². The minimum Gasteiger partial charge on any atom is -0.497 e. The van der Waals surface area contributed by atoms with Gasteiger partial charge in [-0.1, -0.05) is 12.1 Å². The molecule has 0 fully saturated rings. The number of carbonyl (C=O) groups excluding carboxylic acids is 1. The number of benzene rings is 2. The van der Waals surface area contributed by atoms with Crippen molar-refractivity contribution in [2.45, 2.75) is 6.42 Å². The number of rotatable bonds is 5. The maximum atomic E-state index is 12.6. The third-order valence-electron chi connectivity index (χ3n) is 4.65. The number of anilines is 1. The minimum atomic E-state index is -0.111. The molecule has 0 unspecified atom stereocenters. The van der Waals surface area contributed by atoms with Gasteiger partial charge in [-0.15, -0.1) is 11.3 Å². The summed E-state index contributed by atoms with van der Waals surface area (Å²) in [5, 5.41) is 4.86. The first-order valence-corrected chi connectivity index (χ1v) is 9.87. The summed E-state index contributed by atoms with van der Waals surface area (Å²) in [6.07, 6.45) is 2.19. The Bertz CT molecular complexity index is 1210. The Labute approximate surface area is 170 Å². The molecule has 0 spiro atoms. The second-order valence-electron chi connectivity index (χ2n) is 6.53. The lowest BCUT2D eigenvalue weighted by molar-refractivity contribution is -0.115. The second kappa shape index (κ2) is 7.14. The molecule has 0 saturated heterocycles. The number of ether oxygens (including phenoxy) is 3. The molecule has 2 aromatic heterocycles. The van der Waals surface area contributed by atoms with Gasteiger partial charge in [-0.3, -0.25) is 9.20 Å². The highest BCUT2D eigenvalue weighted by Crippen LogP contribution is 2.34. The van der Waals surface area contributed by atoms with E-state index in [1.54, 1.807) is 25.3 Å². The molecule has 0 aliphatic carbocycles. The Hall–Kier alpha value is -3.52. The van der Waals surface area contributed by atoms with E-state index in [0.717, 1.165) is 27.7 Å². The summed E-state index contributed by atoms with van der Waals surface area (Å²) < 4.78 is 17.9. The number of nitrogens with one attached hydrogen (secondary N) is 1. The lowest BCUT2D eigenvalue weighted by atomic mass is 10.1. The molecule has 29 heavy (non-hydrogen) atoms. The van der Waals surface area contributed by atoms with Crippen LogP contribution in [-0.4, -0.2) is 29.2 Å². The van der Waals surface area contributed by atoms with Crippen molar-refractivity contribution in [3.63, 3.8) is 0 Å². The average Bonchev–Trinajstić information content (AvgIpc) is 3.44. The lowest BCUT2D eigenvalue weighted by Crippen LogP contribution is -2.15. The first-order valence-electron chi connectivity index (χ1n) is 8.99. The summed E-state index contributed by atoms with van der Waals surface area (Å²) in [5.41, 5.74) is 3.36. The van der Waals surface area contributed by atoms with Crippen molar-refractivity contribution in [2.75, 3.05) is 19.2 Å². The van der Waals surface area contributed by atoms with Crippen LogP contribution in [0.25, 0.3) is 16.2 Å². The summed E-state index contributed by atoms with van der Waals surface area (Å²) in [6.45, 7) is 0.204. The number of imidazole rings is 1. The van der Waals surface area contributed by atoms with Gasteiger partial charge in [0.25, 0.3) is 0 Å². The van der Waals surface area contributed by atoms with Crippen LogP contribution < -0.4 is 19.5 Å². The third-order valence-corrected chi connectivity index (χ3v) is 5.54. The average molecular weight is 407 g/mol. The number of aromatic nitrogens is 2. The van der Waals surface area contributed by atoms with E-state index in [9.17, 15) is 4.79 Å². The molecular weight excluding hydrogens is 390 g/mol. The molecule has 7 nitrogen and oxygen atoms in total. The Kier molecular flexibility index (Phi) is 4.33. The summed E-state index contributed by atoms with van der Waals surface area (Å²) in [6, 6.07) is 13.1. The van der Waals surface area contributed by atoms with E-state index in [1.165, 1.54) is 11.3 Å². The Morgan fingerprint density at radius 2 is 2.14 bits per heavy atom. The normalized spacial score (nSPS) is 12.3. The van der Waals surface area contributed by atoms with Crippen molar-refractivity contribution >= 4 is 27.9 Å². The van der Waals surface area contributed by atoms with E-state index in [1.807, 2.05) is 40.2 Å². The number of hydrogen-bond donors (Lipinski definition) is 1. The fourth-order valence-electron chi connectivity index (χ4n) is 3.22. The molecule has 5 rings (SSSR count). The Morgan fingerprint density at radius 3 is 3.03 bits per heavy atom. The quantitative estimate of drug-likeness (QED) is 0.542. The van der Waals surface area contributed by atoms with Gasteiger partial charge in [0, 0.05) is 34.6 Å². The molecule has 146 valence electrons. The fraction of sp³-hybridized carbons (Fsp3) is 0.143. The summed E-state index contributed by atoms with van der Waals surface area (Å²) >= 11 is 1.51. The number of thiazole rings is 1. The molecule has 4 aromatic rings. The molecule has 0 saturated carbocycles. The molecule has 0 atom stereocenters. The van der Waals surface area contributed by atoms with Crippen molar-refractivity contribution < 1.29 is 19.0 Å². The van der Waals surface area contributed by atoms with Gasteiger partial charge in [0.15, 0.2) is 16.5 Å². The van der Waals surface area contributed by atoms with Crippen molar-refractivity contribution in [3.05, 3.63) is 59.7 Å². The second-order valence-corrected chi connectivity index (χ2v) is 7.37. The molecule has 8 heteroatoms. The van der Waals surface area contributed by atoms with E-state index in [2.05, 4.69) is 10.3 Å². The molecule has 1 amide bonds. The summed E-state index contributed by atoms with van der Waals surface area (Å²) in [5.74, 6) is 1.99. The van der Waals surface area contributed by atoms with Crippen LogP contribution in [0.1, 0.15) is 5.69 Å². The van der Waals surface area contributed by atoms with Crippen molar-refractivity contribution in [1.29, 1.82) is 0 Å². The van der Waals surface area contributed by atoms with Crippen LogP contribution in [0.3, 0.4) is 0 Å². The van der Waals surface area contributed by atoms with E-state index in [-0.39, 0.29) is 19.1 Å². The smallest absolute Gasteiger partial charge is 0.231 e. The number of fused-ring (bicyclic) bond motifs is 2. The van der Waals surface area contributed by atoms with Gasteiger partial charge in [-0.05, 0) is 24.3 Å². The van der Waals surface area contributed by atoms with Gasteiger partial charge < -0.3 is 19.5 Å². The van der Waals surface area contributed by atoms with Crippen LogP contribution in [0.5, 0.6) is 17.2 Å². The lowest BCUT2D eigenvalue weighted by Gasteiger charge is -2.06. The molecule has 1 aliphatic heterocycles. The van der Waals surface area contributed by atoms with Crippen LogP contribution in [-0.2, 0) is 11.2 Å². The van der Waals surface area contributed by atoms with Gasteiger partial charge in [0.2, 0.25) is 12.7 Å². The van der Waals surface area contributed by atoms with Gasteiger partial charge >= 0.3 is 0 Å². The van der Waals surface area contributed by atoms with Crippen molar-refractivity contribution in [2.24, 2.45) is 0 Å². The first-order chi connectivity index (χ1) is 14.2. The van der Waals surface area contributed by atoms with E-state index in [0.29, 0.717) is 17.2 Å². The van der Waals surface area contributed by atoms with E-state index >= 15 is 0 Å². The predicted molar refractivity (Wildman–Crippen MR) is 110 cm³/mol. The number of carbonyl (C=O) groups is 1. The van der Waals surface area contributed by atoms with Crippen LogP contribution in [0, 0.1) is 0 Å². The molecule has 1 aliphatic rings. The molecular formula is C21H17N3O4S. The van der Waals surface area contributed by atoms with Crippen LogP contribution in [0.15, 0.2) is 54.0 Å².